The lowest BCUT2D eigenvalue weighted by molar-refractivity contribution is 0.184. The standard InChI is InChI=1S/C26H32N4O/c1-19-7-9-21(10-8-19)18-22-11-14-30(15-12-22)16-13-27-26(31)29-25-17-20(2)28-24-6-4-3-5-23(24)25/h3-10,17,22H,11-16,18H2,1-2H3,(H2,27,28,29,31). The lowest BCUT2D eigenvalue weighted by atomic mass is 9.90. The smallest absolute Gasteiger partial charge is 0.319 e. The number of anilines is 1. The molecule has 0 radical (unpaired) electrons. The summed E-state index contributed by atoms with van der Waals surface area (Å²) in [5.74, 6) is 0.762. The Bertz CT molecular complexity index is 1020. The van der Waals surface area contributed by atoms with E-state index in [0.717, 1.165) is 47.8 Å². The van der Waals surface area contributed by atoms with Crippen LogP contribution in [0.25, 0.3) is 10.9 Å². The Morgan fingerprint density at radius 1 is 1.06 bits per heavy atom. The summed E-state index contributed by atoms with van der Waals surface area (Å²) in [6.45, 7) is 7.83. The first-order valence-corrected chi connectivity index (χ1v) is 11.3. The molecule has 2 amide bonds. The zero-order chi connectivity index (χ0) is 21.6. The molecule has 0 atom stereocenters. The van der Waals surface area contributed by atoms with Crippen LogP contribution in [0.15, 0.2) is 54.6 Å². The molecule has 4 rings (SSSR count). The Labute approximate surface area is 184 Å². The second-order valence-electron chi connectivity index (χ2n) is 8.68. The predicted octanol–water partition coefficient (Wildman–Crippen LogP) is 4.93. The van der Waals surface area contributed by atoms with Crippen molar-refractivity contribution in [2.75, 3.05) is 31.5 Å². The molecule has 0 spiro atoms. The van der Waals surface area contributed by atoms with E-state index < -0.39 is 0 Å². The summed E-state index contributed by atoms with van der Waals surface area (Å²) in [4.78, 5) is 19.4. The second-order valence-corrected chi connectivity index (χ2v) is 8.68. The highest BCUT2D eigenvalue weighted by molar-refractivity contribution is 6.00. The molecule has 1 aliphatic rings. The molecule has 31 heavy (non-hydrogen) atoms. The molecule has 1 fully saturated rings. The summed E-state index contributed by atoms with van der Waals surface area (Å²) < 4.78 is 0. The molecule has 0 unspecified atom stereocenters. The molecule has 2 N–H and O–H groups in total. The third kappa shape index (κ3) is 5.82. The highest BCUT2D eigenvalue weighted by atomic mass is 16.2. The molecule has 0 saturated carbocycles. The maximum absolute atomic E-state index is 12.4. The third-order valence-electron chi connectivity index (χ3n) is 6.16. The molecule has 0 aliphatic carbocycles. The summed E-state index contributed by atoms with van der Waals surface area (Å²) in [6, 6.07) is 18.6. The SMILES string of the molecule is Cc1ccc(CC2CCN(CCNC(=O)Nc3cc(C)nc4ccccc34)CC2)cc1. The molecule has 1 aliphatic heterocycles. The average molecular weight is 417 g/mol. The maximum Gasteiger partial charge on any atom is 0.319 e. The average Bonchev–Trinajstić information content (AvgIpc) is 2.76. The highest BCUT2D eigenvalue weighted by Gasteiger charge is 2.19. The van der Waals surface area contributed by atoms with E-state index in [1.54, 1.807) is 0 Å². The van der Waals surface area contributed by atoms with Gasteiger partial charge in [0.05, 0.1) is 11.2 Å². The van der Waals surface area contributed by atoms with E-state index in [0.29, 0.717) is 6.54 Å². The van der Waals surface area contributed by atoms with Gasteiger partial charge in [0.2, 0.25) is 0 Å². The molecule has 1 saturated heterocycles. The molecule has 2 heterocycles. The van der Waals surface area contributed by atoms with Crippen molar-refractivity contribution in [2.45, 2.75) is 33.1 Å². The lowest BCUT2D eigenvalue weighted by Gasteiger charge is -2.32. The van der Waals surface area contributed by atoms with Gasteiger partial charge in [-0.25, -0.2) is 4.79 Å². The molecule has 3 aromatic rings. The van der Waals surface area contributed by atoms with Crippen molar-refractivity contribution >= 4 is 22.6 Å². The largest absolute Gasteiger partial charge is 0.337 e. The van der Waals surface area contributed by atoms with E-state index in [1.807, 2.05) is 37.3 Å². The Balaban J connectivity index is 1.20. The lowest BCUT2D eigenvalue weighted by Crippen LogP contribution is -2.40. The zero-order valence-corrected chi connectivity index (χ0v) is 18.5. The molecule has 5 nitrogen and oxygen atoms in total. The van der Waals surface area contributed by atoms with Crippen LogP contribution < -0.4 is 10.6 Å². The van der Waals surface area contributed by atoms with E-state index in [-0.39, 0.29) is 6.03 Å². The number of aromatic nitrogens is 1. The van der Waals surface area contributed by atoms with Gasteiger partial charge in [0, 0.05) is 24.2 Å². The Morgan fingerprint density at radius 3 is 2.58 bits per heavy atom. The maximum atomic E-state index is 12.4. The summed E-state index contributed by atoms with van der Waals surface area (Å²) in [5, 5.41) is 6.96. The number of piperidine rings is 1. The van der Waals surface area contributed by atoms with Crippen LogP contribution in [0.1, 0.15) is 29.7 Å². The quantitative estimate of drug-likeness (QED) is 0.599. The van der Waals surface area contributed by atoms with E-state index in [4.69, 9.17) is 0 Å². The number of urea groups is 1. The van der Waals surface area contributed by atoms with Gasteiger partial charge < -0.3 is 15.5 Å². The molecule has 5 heteroatoms. The van der Waals surface area contributed by atoms with Gasteiger partial charge in [-0.2, -0.15) is 0 Å². The van der Waals surface area contributed by atoms with Gasteiger partial charge in [0.1, 0.15) is 0 Å². The van der Waals surface area contributed by atoms with E-state index in [1.165, 1.54) is 30.4 Å². The minimum atomic E-state index is -0.162. The van der Waals surface area contributed by atoms with Crippen molar-refractivity contribution in [3.05, 3.63) is 71.4 Å². The Hall–Kier alpha value is -2.92. The number of nitrogens with one attached hydrogen (secondary N) is 2. The van der Waals surface area contributed by atoms with E-state index in [2.05, 4.69) is 51.7 Å². The number of pyridine rings is 1. The molecule has 162 valence electrons. The number of rotatable bonds is 6. The third-order valence-corrected chi connectivity index (χ3v) is 6.16. The number of carbonyl (C=O) groups excluding carboxylic acids is 1. The summed E-state index contributed by atoms with van der Waals surface area (Å²) in [7, 11) is 0. The number of benzene rings is 2. The van der Waals surface area contributed by atoms with Crippen LogP contribution in [0, 0.1) is 19.8 Å². The first-order chi connectivity index (χ1) is 15.1. The molecule has 2 aromatic carbocycles. The number of carbonyl (C=O) groups is 1. The number of fused-ring (bicyclic) bond motifs is 1. The van der Waals surface area contributed by atoms with Crippen molar-refractivity contribution in [1.82, 2.24) is 15.2 Å². The van der Waals surface area contributed by atoms with Crippen LogP contribution in [0.5, 0.6) is 0 Å². The molecule has 1 aromatic heterocycles. The van der Waals surface area contributed by atoms with Gasteiger partial charge in [-0.15, -0.1) is 0 Å². The van der Waals surface area contributed by atoms with Crippen molar-refractivity contribution in [1.29, 1.82) is 0 Å². The van der Waals surface area contributed by atoms with E-state index in [9.17, 15) is 4.79 Å². The number of para-hydroxylation sites is 1. The minimum absolute atomic E-state index is 0.162. The fourth-order valence-electron chi connectivity index (χ4n) is 4.38. The number of hydrogen-bond donors (Lipinski definition) is 2. The van der Waals surface area contributed by atoms with Crippen molar-refractivity contribution in [2.24, 2.45) is 5.92 Å². The van der Waals surface area contributed by atoms with Gasteiger partial charge >= 0.3 is 6.03 Å². The number of likely N-dealkylation sites (tertiary alicyclic amines) is 1. The van der Waals surface area contributed by atoms with Gasteiger partial charge in [-0.1, -0.05) is 48.0 Å². The fraction of sp³-hybridized carbons (Fsp3) is 0.385. The minimum Gasteiger partial charge on any atom is -0.337 e. The summed E-state index contributed by atoms with van der Waals surface area (Å²) in [6.07, 6.45) is 3.62. The highest BCUT2D eigenvalue weighted by Crippen LogP contribution is 2.23. The predicted molar refractivity (Wildman–Crippen MR) is 128 cm³/mol. The first kappa shape index (κ1) is 21.3. The number of nitrogens with zero attached hydrogens (tertiary/aromatic N) is 2. The molecular weight excluding hydrogens is 384 g/mol. The van der Waals surface area contributed by atoms with Gasteiger partial charge in [0.25, 0.3) is 0 Å². The van der Waals surface area contributed by atoms with E-state index >= 15 is 0 Å². The van der Waals surface area contributed by atoms with Gasteiger partial charge in [-0.3, -0.25) is 4.98 Å². The fourth-order valence-corrected chi connectivity index (χ4v) is 4.38. The van der Waals surface area contributed by atoms with Crippen LogP contribution >= 0.6 is 0 Å². The molecule has 0 bridgehead atoms. The Morgan fingerprint density at radius 2 is 1.81 bits per heavy atom. The Kier molecular flexibility index (Phi) is 6.82. The van der Waals surface area contributed by atoms with Crippen LogP contribution in [0.4, 0.5) is 10.5 Å². The second kappa shape index (κ2) is 9.92. The van der Waals surface area contributed by atoms with Crippen molar-refractivity contribution < 1.29 is 4.79 Å². The zero-order valence-electron chi connectivity index (χ0n) is 18.5. The van der Waals surface area contributed by atoms with Crippen molar-refractivity contribution in [3.63, 3.8) is 0 Å². The monoisotopic (exact) mass is 416 g/mol. The first-order valence-electron chi connectivity index (χ1n) is 11.3. The topological polar surface area (TPSA) is 57.3 Å². The normalized spacial score (nSPS) is 15.2. The number of hydrogen-bond acceptors (Lipinski definition) is 3. The summed E-state index contributed by atoms with van der Waals surface area (Å²) in [5.41, 5.74) is 5.36. The molecular formula is C26H32N4O. The van der Waals surface area contributed by atoms with Gasteiger partial charge in [0.15, 0.2) is 0 Å². The van der Waals surface area contributed by atoms with Crippen LogP contribution in [-0.2, 0) is 6.42 Å². The number of aryl methyl sites for hydroxylation is 2. The summed E-state index contributed by atoms with van der Waals surface area (Å²) >= 11 is 0. The van der Waals surface area contributed by atoms with Crippen LogP contribution in [0.2, 0.25) is 0 Å². The number of amides is 2. The van der Waals surface area contributed by atoms with Gasteiger partial charge in [-0.05, 0) is 69.8 Å². The van der Waals surface area contributed by atoms with Crippen molar-refractivity contribution in [3.8, 4) is 0 Å². The van der Waals surface area contributed by atoms with Crippen LogP contribution in [0.3, 0.4) is 0 Å². The van der Waals surface area contributed by atoms with Crippen LogP contribution in [-0.4, -0.2) is 42.1 Å².